The van der Waals surface area contributed by atoms with Crippen molar-refractivity contribution in [2.75, 3.05) is 25.6 Å². The number of nitrogens with one attached hydrogen (secondary N) is 1. The predicted octanol–water partition coefficient (Wildman–Crippen LogP) is 3.16. The van der Waals surface area contributed by atoms with E-state index >= 15 is 0 Å². The van der Waals surface area contributed by atoms with Crippen LogP contribution in [0.5, 0.6) is 0 Å². The SMILES string of the molecule is COCCCCCN=C(N)Nc1cccc(C)c1.I. The van der Waals surface area contributed by atoms with Gasteiger partial charge in [-0.15, -0.1) is 24.0 Å². The maximum atomic E-state index is 5.81. The van der Waals surface area contributed by atoms with Crippen LogP contribution >= 0.6 is 24.0 Å². The van der Waals surface area contributed by atoms with Gasteiger partial charge in [-0.2, -0.15) is 0 Å². The molecule has 4 nitrogen and oxygen atoms in total. The van der Waals surface area contributed by atoms with E-state index in [-0.39, 0.29) is 24.0 Å². The summed E-state index contributed by atoms with van der Waals surface area (Å²) in [5.74, 6) is 0.479. The highest BCUT2D eigenvalue weighted by molar-refractivity contribution is 14.0. The third-order valence-electron chi connectivity index (χ3n) is 2.58. The summed E-state index contributed by atoms with van der Waals surface area (Å²) in [4.78, 5) is 4.29. The number of aliphatic imine (C=N–C) groups is 1. The zero-order valence-electron chi connectivity index (χ0n) is 11.7. The molecule has 0 spiro atoms. The summed E-state index contributed by atoms with van der Waals surface area (Å²) in [7, 11) is 1.72. The van der Waals surface area contributed by atoms with Crippen LogP contribution in [0.25, 0.3) is 0 Å². The first-order valence-corrected chi connectivity index (χ1v) is 6.35. The highest BCUT2D eigenvalue weighted by Crippen LogP contribution is 2.08. The molecule has 5 heteroatoms. The van der Waals surface area contributed by atoms with E-state index in [1.54, 1.807) is 7.11 Å². The van der Waals surface area contributed by atoms with Crippen LogP contribution in [-0.4, -0.2) is 26.2 Å². The number of hydrogen-bond donors (Lipinski definition) is 2. The minimum Gasteiger partial charge on any atom is -0.385 e. The molecule has 108 valence electrons. The maximum absolute atomic E-state index is 5.81. The summed E-state index contributed by atoms with van der Waals surface area (Å²) in [5.41, 5.74) is 7.99. The van der Waals surface area contributed by atoms with Gasteiger partial charge in [-0.3, -0.25) is 4.99 Å². The summed E-state index contributed by atoms with van der Waals surface area (Å²) in [6.07, 6.45) is 3.24. The average molecular weight is 377 g/mol. The first-order chi connectivity index (χ1) is 8.72. The van der Waals surface area contributed by atoms with Gasteiger partial charge in [0.1, 0.15) is 0 Å². The Hall–Kier alpha value is -0.820. The largest absolute Gasteiger partial charge is 0.385 e. The molecule has 0 heterocycles. The van der Waals surface area contributed by atoms with E-state index in [0.29, 0.717) is 5.96 Å². The normalized spacial score (nSPS) is 10.9. The average Bonchev–Trinajstić information content (AvgIpc) is 2.33. The van der Waals surface area contributed by atoms with Gasteiger partial charge >= 0.3 is 0 Å². The molecule has 19 heavy (non-hydrogen) atoms. The van der Waals surface area contributed by atoms with Crippen molar-refractivity contribution in [2.45, 2.75) is 26.2 Å². The Kier molecular flexibility index (Phi) is 10.6. The second kappa shape index (κ2) is 11.0. The molecule has 1 aromatic carbocycles. The van der Waals surface area contributed by atoms with E-state index in [0.717, 1.165) is 38.1 Å². The predicted molar refractivity (Wildman–Crippen MR) is 92.4 cm³/mol. The molecule has 0 aliphatic rings. The maximum Gasteiger partial charge on any atom is 0.193 e. The van der Waals surface area contributed by atoms with Crippen LogP contribution in [0.4, 0.5) is 5.69 Å². The number of ether oxygens (including phenoxy) is 1. The standard InChI is InChI=1S/C14H23N3O.HI/c1-12-7-6-8-13(11-12)17-14(15)16-9-4-3-5-10-18-2;/h6-8,11H,3-5,9-10H2,1-2H3,(H3,15,16,17);1H. The molecule has 0 aromatic heterocycles. The number of guanidine groups is 1. The summed E-state index contributed by atoms with van der Waals surface area (Å²) in [6, 6.07) is 8.07. The van der Waals surface area contributed by atoms with Crippen LogP contribution in [0, 0.1) is 6.92 Å². The lowest BCUT2D eigenvalue weighted by Crippen LogP contribution is -2.22. The second-order valence-corrected chi connectivity index (χ2v) is 4.31. The lowest BCUT2D eigenvalue weighted by atomic mass is 10.2. The number of benzene rings is 1. The van der Waals surface area contributed by atoms with Gasteiger partial charge in [0.15, 0.2) is 5.96 Å². The Morgan fingerprint density at radius 1 is 1.32 bits per heavy atom. The molecule has 0 saturated carbocycles. The molecule has 0 aliphatic carbocycles. The topological polar surface area (TPSA) is 59.6 Å². The number of hydrogen-bond acceptors (Lipinski definition) is 2. The minimum atomic E-state index is 0. The minimum absolute atomic E-state index is 0. The van der Waals surface area contributed by atoms with Gasteiger partial charge in [0.05, 0.1) is 0 Å². The smallest absolute Gasteiger partial charge is 0.193 e. The fourth-order valence-corrected chi connectivity index (χ4v) is 1.64. The summed E-state index contributed by atoms with van der Waals surface area (Å²) in [6.45, 7) is 3.63. The van der Waals surface area contributed by atoms with Crippen molar-refractivity contribution in [3.05, 3.63) is 29.8 Å². The van der Waals surface area contributed by atoms with Crippen LogP contribution in [0.2, 0.25) is 0 Å². The number of nitrogens with two attached hydrogens (primary N) is 1. The van der Waals surface area contributed by atoms with E-state index in [4.69, 9.17) is 10.5 Å². The van der Waals surface area contributed by atoms with E-state index in [1.807, 2.05) is 31.2 Å². The van der Waals surface area contributed by atoms with Gasteiger partial charge < -0.3 is 15.8 Å². The van der Waals surface area contributed by atoms with Crippen molar-refractivity contribution in [1.29, 1.82) is 0 Å². The number of nitrogens with zero attached hydrogens (tertiary/aromatic N) is 1. The summed E-state index contributed by atoms with van der Waals surface area (Å²) >= 11 is 0. The quantitative estimate of drug-likeness (QED) is 0.332. The molecule has 0 atom stereocenters. The Bertz CT molecular complexity index is 383. The van der Waals surface area contributed by atoms with Crippen molar-refractivity contribution >= 4 is 35.6 Å². The molecule has 0 radical (unpaired) electrons. The Morgan fingerprint density at radius 3 is 2.79 bits per heavy atom. The van der Waals surface area contributed by atoms with Gasteiger partial charge in [-0.1, -0.05) is 12.1 Å². The van der Waals surface area contributed by atoms with Crippen molar-refractivity contribution < 1.29 is 4.74 Å². The lowest BCUT2D eigenvalue weighted by Gasteiger charge is -2.06. The van der Waals surface area contributed by atoms with E-state index < -0.39 is 0 Å². The van der Waals surface area contributed by atoms with Crippen LogP contribution in [0.1, 0.15) is 24.8 Å². The van der Waals surface area contributed by atoms with Crippen molar-refractivity contribution in [1.82, 2.24) is 0 Å². The molecule has 0 aliphatic heterocycles. The Morgan fingerprint density at radius 2 is 2.11 bits per heavy atom. The van der Waals surface area contributed by atoms with Gasteiger partial charge in [-0.05, 0) is 43.9 Å². The van der Waals surface area contributed by atoms with E-state index in [1.165, 1.54) is 5.56 Å². The molecule has 0 saturated heterocycles. The number of aryl methyl sites for hydroxylation is 1. The molecule has 0 bridgehead atoms. The zero-order chi connectivity index (χ0) is 13.2. The Labute approximate surface area is 132 Å². The first-order valence-electron chi connectivity index (χ1n) is 6.35. The number of unbranched alkanes of at least 4 members (excludes halogenated alkanes) is 2. The highest BCUT2D eigenvalue weighted by atomic mass is 127. The van der Waals surface area contributed by atoms with E-state index in [2.05, 4.69) is 10.3 Å². The van der Waals surface area contributed by atoms with Gasteiger partial charge in [0.25, 0.3) is 0 Å². The number of rotatable bonds is 7. The monoisotopic (exact) mass is 377 g/mol. The van der Waals surface area contributed by atoms with Crippen LogP contribution < -0.4 is 11.1 Å². The van der Waals surface area contributed by atoms with Crippen molar-refractivity contribution in [2.24, 2.45) is 10.7 Å². The molecule has 0 unspecified atom stereocenters. The van der Waals surface area contributed by atoms with Crippen LogP contribution in [-0.2, 0) is 4.74 Å². The molecule has 0 fully saturated rings. The van der Waals surface area contributed by atoms with Crippen LogP contribution in [0.3, 0.4) is 0 Å². The van der Waals surface area contributed by atoms with Gasteiger partial charge in [0.2, 0.25) is 0 Å². The molecular weight excluding hydrogens is 353 g/mol. The molecule has 1 aromatic rings. The van der Waals surface area contributed by atoms with Gasteiger partial charge in [-0.25, -0.2) is 0 Å². The molecule has 1 rings (SSSR count). The second-order valence-electron chi connectivity index (χ2n) is 4.31. The van der Waals surface area contributed by atoms with Gasteiger partial charge in [0, 0.05) is 25.9 Å². The highest BCUT2D eigenvalue weighted by Gasteiger charge is 1.95. The summed E-state index contributed by atoms with van der Waals surface area (Å²) < 4.78 is 4.99. The number of methoxy groups -OCH3 is 1. The summed E-state index contributed by atoms with van der Waals surface area (Å²) in [5, 5.41) is 3.09. The third kappa shape index (κ3) is 8.83. The molecular formula is C14H24IN3O. The zero-order valence-corrected chi connectivity index (χ0v) is 14.0. The third-order valence-corrected chi connectivity index (χ3v) is 2.58. The van der Waals surface area contributed by atoms with Crippen LogP contribution in [0.15, 0.2) is 29.3 Å². The fourth-order valence-electron chi connectivity index (χ4n) is 1.64. The number of anilines is 1. The first kappa shape index (κ1) is 18.2. The van der Waals surface area contributed by atoms with E-state index in [9.17, 15) is 0 Å². The number of halogens is 1. The fraction of sp³-hybridized carbons (Fsp3) is 0.500. The molecule has 3 N–H and O–H groups in total. The lowest BCUT2D eigenvalue weighted by molar-refractivity contribution is 0.192. The van der Waals surface area contributed by atoms with Crippen molar-refractivity contribution in [3.63, 3.8) is 0 Å². The van der Waals surface area contributed by atoms with Crippen molar-refractivity contribution in [3.8, 4) is 0 Å². The molecule has 0 amide bonds. The Balaban J connectivity index is 0.00000324.